The van der Waals surface area contributed by atoms with Crippen molar-refractivity contribution in [1.82, 2.24) is 10.3 Å². The van der Waals surface area contributed by atoms with Crippen LogP contribution in [0.2, 0.25) is 0 Å². The van der Waals surface area contributed by atoms with Crippen LogP contribution in [0, 0.1) is 0 Å². The predicted octanol–water partition coefficient (Wildman–Crippen LogP) is 3.19. The van der Waals surface area contributed by atoms with Crippen molar-refractivity contribution in [3.8, 4) is 5.75 Å². The van der Waals surface area contributed by atoms with Crippen molar-refractivity contribution in [3.63, 3.8) is 0 Å². The smallest absolute Gasteiger partial charge is 0.412 e. The molecule has 21 heavy (non-hydrogen) atoms. The van der Waals surface area contributed by atoms with Gasteiger partial charge in [-0.2, -0.15) is 13.2 Å². The molecule has 8 heteroatoms. The van der Waals surface area contributed by atoms with Gasteiger partial charge in [-0.1, -0.05) is 12.1 Å². The number of methoxy groups -OCH3 is 1. The molecule has 0 aliphatic rings. The minimum Gasteiger partial charge on any atom is -0.497 e. The number of hydrogen-bond acceptors (Lipinski definition) is 4. The van der Waals surface area contributed by atoms with Gasteiger partial charge in [-0.25, -0.2) is 4.98 Å². The van der Waals surface area contributed by atoms with Gasteiger partial charge >= 0.3 is 6.18 Å². The zero-order valence-corrected chi connectivity index (χ0v) is 11.7. The Kier molecular flexibility index (Phi) is 4.46. The highest BCUT2D eigenvalue weighted by Gasteiger charge is 2.42. The van der Waals surface area contributed by atoms with Crippen LogP contribution in [0.15, 0.2) is 35.2 Å². The van der Waals surface area contributed by atoms with Crippen LogP contribution in [0.25, 0.3) is 0 Å². The Morgan fingerprint density at radius 3 is 2.48 bits per heavy atom. The Morgan fingerprint density at radius 2 is 2.00 bits per heavy atom. The van der Waals surface area contributed by atoms with Gasteiger partial charge in [0.2, 0.25) is 0 Å². The summed E-state index contributed by atoms with van der Waals surface area (Å²) in [5.41, 5.74) is 1.26. The molecule has 0 aliphatic carbocycles. The molecule has 0 spiro atoms. The lowest BCUT2D eigenvalue weighted by Gasteiger charge is -2.21. The molecule has 2 aromatic rings. The van der Waals surface area contributed by atoms with Gasteiger partial charge in [0.05, 0.1) is 12.6 Å². The topological polar surface area (TPSA) is 51.2 Å². The highest BCUT2D eigenvalue weighted by atomic mass is 32.1. The number of alkyl halides is 3. The maximum atomic E-state index is 13.1. The molecular weight excluding hydrogens is 305 g/mol. The predicted molar refractivity (Wildman–Crippen MR) is 71.4 cm³/mol. The van der Waals surface area contributed by atoms with E-state index in [9.17, 15) is 18.0 Å². The summed E-state index contributed by atoms with van der Waals surface area (Å²) >= 11 is 1.13. The molecule has 4 nitrogen and oxygen atoms in total. The molecule has 112 valence electrons. The van der Waals surface area contributed by atoms with Crippen molar-refractivity contribution in [2.45, 2.75) is 12.2 Å². The van der Waals surface area contributed by atoms with E-state index in [1.165, 1.54) is 42.3 Å². The molecule has 1 aromatic carbocycles. The standard InChI is InChI=1S/C13H11F3N2O2S/c1-20-9-4-2-8(3-5-9)11(13(14,15)16)18-12(19)10-6-21-7-17-10/h2-7,11H,1H3,(H,18,19)/t11-/m1/s1. The molecule has 0 saturated carbocycles. The summed E-state index contributed by atoms with van der Waals surface area (Å²) in [7, 11) is 1.42. The summed E-state index contributed by atoms with van der Waals surface area (Å²) in [6, 6.07) is 3.24. The van der Waals surface area contributed by atoms with Crippen LogP contribution in [0.5, 0.6) is 5.75 Å². The number of amides is 1. The fourth-order valence-corrected chi connectivity index (χ4v) is 2.21. The van der Waals surface area contributed by atoms with E-state index >= 15 is 0 Å². The van der Waals surface area contributed by atoms with Gasteiger partial charge in [0.1, 0.15) is 11.4 Å². The van der Waals surface area contributed by atoms with Gasteiger partial charge < -0.3 is 10.1 Å². The van der Waals surface area contributed by atoms with Crippen molar-refractivity contribution < 1.29 is 22.7 Å². The molecule has 0 fully saturated rings. The summed E-state index contributed by atoms with van der Waals surface area (Å²) in [6.45, 7) is 0. The van der Waals surface area contributed by atoms with Crippen LogP contribution >= 0.6 is 11.3 Å². The largest absolute Gasteiger partial charge is 0.497 e. The lowest BCUT2D eigenvalue weighted by molar-refractivity contribution is -0.155. The lowest BCUT2D eigenvalue weighted by Crippen LogP contribution is -2.38. The van der Waals surface area contributed by atoms with Crippen molar-refractivity contribution >= 4 is 17.2 Å². The van der Waals surface area contributed by atoms with Crippen LogP contribution in [0.1, 0.15) is 22.1 Å². The second-order valence-electron chi connectivity index (χ2n) is 4.09. The van der Waals surface area contributed by atoms with Crippen LogP contribution in [0.3, 0.4) is 0 Å². The Labute approximate surface area is 122 Å². The first-order valence-corrected chi connectivity index (χ1v) is 6.76. The highest BCUT2D eigenvalue weighted by Crippen LogP contribution is 2.33. The van der Waals surface area contributed by atoms with Gasteiger partial charge in [0.15, 0.2) is 6.04 Å². The number of nitrogens with one attached hydrogen (secondary N) is 1. The maximum Gasteiger partial charge on any atom is 0.412 e. The molecule has 2 rings (SSSR count). The van der Waals surface area contributed by atoms with Gasteiger partial charge in [-0.05, 0) is 17.7 Å². The van der Waals surface area contributed by atoms with E-state index in [1.807, 2.05) is 5.32 Å². The number of ether oxygens (including phenoxy) is 1. The first kappa shape index (κ1) is 15.3. The van der Waals surface area contributed by atoms with Gasteiger partial charge in [-0.3, -0.25) is 4.79 Å². The van der Waals surface area contributed by atoms with Crippen molar-refractivity contribution in [2.24, 2.45) is 0 Å². The first-order chi connectivity index (χ1) is 9.91. The van der Waals surface area contributed by atoms with Crippen molar-refractivity contribution in [2.75, 3.05) is 7.11 Å². The summed E-state index contributed by atoms with van der Waals surface area (Å²) in [4.78, 5) is 15.5. The Hall–Kier alpha value is -2.09. The number of carbonyl (C=O) groups excluding carboxylic acids is 1. The molecule has 0 unspecified atom stereocenters. The van der Waals surface area contributed by atoms with E-state index in [0.717, 1.165) is 11.3 Å². The van der Waals surface area contributed by atoms with E-state index in [0.29, 0.717) is 5.75 Å². The van der Waals surface area contributed by atoms with Crippen LogP contribution in [-0.2, 0) is 0 Å². The molecule has 0 saturated heterocycles. The van der Waals surface area contributed by atoms with Crippen molar-refractivity contribution in [1.29, 1.82) is 0 Å². The Balaban J connectivity index is 2.24. The number of halogens is 3. The molecule has 1 amide bonds. The second-order valence-corrected chi connectivity index (χ2v) is 4.81. The van der Waals surface area contributed by atoms with E-state index < -0.39 is 18.1 Å². The van der Waals surface area contributed by atoms with E-state index in [1.54, 1.807) is 0 Å². The van der Waals surface area contributed by atoms with E-state index in [4.69, 9.17) is 4.74 Å². The quantitative estimate of drug-likeness (QED) is 0.942. The van der Waals surface area contributed by atoms with Crippen LogP contribution in [0.4, 0.5) is 13.2 Å². The zero-order valence-electron chi connectivity index (χ0n) is 10.8. The summed E-state index contributed by atoms with van der Waals surface area (Å²) in [5.74, 6) is -0.431. The third kappa shape index (κ3) is 3.72. The van der Waals surface area contributed by atoms with Crippen LogP contribution in [-0.4, -0.2) is 24.2 Å². The fraction of sp³-hybridized carbons (Fsp3) is 0.231. The normalized spacial score (nSPS) is 12.8. The molecule has 1 atom stereocenters. The third-order valence-electron chi connectivity index (χ3n) is 2.72. The summed E-state index contributed by atoms with van der Waals surface area (Å²) in [6.07, 6.45) is -4.61. The average Bonchev–Trinajstić information content (AvgIpc) is 2.98. The number of rotatable bonds is 4. The monoisotopic (exact) mass is 316 g/mol. The second kappa shape index (κ2) is 6.13. The Morgan fingerprint density at radius 1 is 1.33 bits per heavy atom. The number of aromatic nitrogens is 1. The molecule has 0 bridgehead atoms. The molecule has 0 aliphatic heterocycles. The SMILES string of the molecule is COc1ccc([C@@H](NC(=O)c2cscn2)C(F)(F)F)cc1. The lowest BCUT2D eigenvalue weighted by atomic mass is 10.1. The summed E-state index contributed by atoms with van der Waals surface area (Å²) in [5, 5.41) is 3.34. The number of hydrogen-bond donors (Lipinski definition) is 1. The third-order valence-corrected chi connectivity index (χ3v) is 3.30. The zero-order chi connectivity index (χ0) is 15.5. The average molecular weight is 316 g/mol. The molecule has 1 aromatic heterocycles. The van der Waals surface area contributed by atoms with Gasteiger partial charge in [-0.15, -0.1) is 11.3 Å². The number of carbonyl (C=O) groups is 1. The molecule has 1 heterocycles. The Bertz CT molecular complexity index is 597. The number of nitrogens with zero attached hydrogens (tertiary/aromatic N) is 1. The van der Waals surface area contributed by atoms with E-state index in [-0.39, 0.29) is 11.3 Å². The van der Waals surface area contributed by atoms with E-state index in [2.05, 4.69) is 4.98 Å². The van der Waals surface area contributed by atoms with Crippen LogP contribution < -0.4 is 10.1 Å². The van der Waals surface area contributed by atoms with Gasteiger partial charge in [0.25, 0.3) is 5.91 Å². The maximum absolute atomic E-state index is 13.1. The minimum atomic E-state index is -4.61. The number of benzene rings is 1. The number of thiazole rings is 1. The minimum absolute atomic E-state index is 0.0391. The highest BCUT2D eigenvalue weighted by molar-refractivity contribution is 7.07. The van der Waals surface area contributed by atoms with Gasteiger partial charge in [0, 0.05) is 5.38 Å². The summed E-state index contributed by atoms with van der Waals surface area (Å²) < 4.78 is 44.3. The molecule has 1 N–H and O–H groups in total. The first-order valence-electron chi connectivity index (χ1n) is 5.81. The molecule has 0 radical (unpaired) electrons. The fourth-order valence-electron chi connectivity index (χ4n) is 1.68. The van der Waals surface area contributed by atoms with Crippen molar-refractivity contribution in [3.05, 3.63) is 46.4 Å². The molecular formula is C13H11F3N2O2S.